The highest BCUT2D eigenvalue weighted by Gasteiger charge is 2.27. The fourth-order valence-corrected chi connectivity index (χ4v) is 3.23. The molecule has 0 aliphatic heterocycles. The Kier molecular flexibility index (Phi) is 5.65. The van der Waals surface area contributed by atoms with E-state index in [9.17, 15) is 9.59 Å². The molecule has 0 spiro atoms. The molecule has 2 heterocycles. The number of nitrogens with one attached hydrogen (secondary N) is 1. The van der Waals surface area contributed by atoms with Crippen LogP contribution in [0.2, 0.25) is 0 Å². The van der Waals surface area contributed by atoms with E-state index in [1.807, 2.05) is 19.9 Å². The minimum absolute atomic E-state index is 0.189. The van der Waals surface area contributed by atoms with E-state index in [2.05, 4.69) is 29.5 Å². The van der Waals surface area contributed by atoms with Gasteiger partial charge >= 0.3 is 5.97 Å². The van der Waals surface area contributed by atoms with Crippen molar-refractivity contribution in [3.8, 4) is 5.82 Å². The number of anilines is 1. The SMILES string of the molecule is CCOC(=O)c1cnn(-c2cc(C)c3cc(C)cc(C)c3n2)c1NC(=O)C(C)(C)C. The Morgan fingerprint density at radius 3 is 2.43 bits per heavy atom. The van der Waals surface area contributed by atoms with Crippen molar-refractivity contribution in [1.82, 2.24) is 14.8 Å². The smallest absolute Gasteiger partial charge is 0.343 e. The Balaban J connectivity index is 2.20. The van der Waals surface area contributed by atoms with E-state index in [0.717, 1.165) is 22.0 Å². The zero-order valence-electron chi connectivity index (χ0n) is 18.6. The summed E-state index contributed by atoms with van der Waals surface area (Å²) in [6.45, 7) is 13.4. The monoisotopic (exact) mass is 408 g/mol. The minimum atomic E-state index is -0.651. The van der Waals surface area contributed by atoms with Gasteiger partial charge in [0.05, 0.1) is 18.3 Å². The highest BCUT2D eigenvalue weighted by atomic mass is 16.5. The zero-order valence-corrected chi connectivity index (χ0v) is 18.6. The molecule has 0 saturated carbocycles. The molecule has 3 rings (SSSR count). The van der Waals surface area contributed by atoms with Gasteiger partial charge < -0.3 is 10.1 Å². The number of rotatable bonds is 4. The molecule has 0 unspecified atom stereocenters. The Labute approximate surface area is 176 Å². The number of nitrogens with zero attached hydrogens (tertiary/aromatic N) is 3. The van der Waals surface area contributed by atoms with E-state index in [1.165, 1.54) is 16.4 Å². The molecule has 30 heavy (non-hydrogen) atoms. The van der Waals surface area contributed by atoms with Crippen molar-refractivity contribution in [1.29, 1.82) is 0 Å². The third-order valence-electron chi connectivity index (χ3n) is 4.84. The van der Waals surface area contributed by atoms with Gasteiger partial charge in [-0.2, -0.15) is 9.78 Å². The maximum Gasteiger partial charge on any atom is 0.343 e. The lowest BCUT2D eigenvalue weighted by Gasteiger charge is -2.19. The largest absolute Gasteiger partial charge is 0.462 e. The summed E-state index contributed by atoms with van der Waals surface area (Å²) in [6, 6.07) is 6.08. The first kappa shape index (κ1) is 21.5. The number of ether oxygens (including phenoxy) is 1. The Morgan fingerprint density at radius 2 is 1.80 bits per heavy atom. The molecular formula is C23H28N4O3. The first-order chi connectivity index (χ1) is 14.0. The summed E-state index contributed by atoms with van der Waals surface area (Å²) in [5.41, 5.74) is 3.64. The van der Waals surface area contributed by atoms with E-state index >= 15 is 0 Å². The van der Waals surface area contributed by atoms with Gasteiger partial charge in [0.25, 0.3) is 0 Å². The van der Waals surface area contributed by atoms with Crippen molar-refractivity contribution in [2.45, 2.75) is 48.5 Å². The summed E-state index contributed by atoms with van der Waals surface area (Å²) in [5.74, 6) is -0.00695. The maximum atomic E-state index is 12.7. The van der Waals surface area contributed by atoms with E-state index < -0.39 is 11.4 Å². The second-order valence-electron chi connectivity index (χ2n) is 8.52. The average molecular weight is 409 g/mol. The van der Waals surface area contributed by atoms with Crippen molar-refractivity contribution in [3.05, 3.63) is 46.6 Å². The van der Waals surface area contributed by atoms with Gasteiger partial charge in [-0.3, -0.25) is 4.79 Å². The predicted molar refractivity (Wildman–Crippen MR) is 117 cm³/mol. The van der Waals surface area contributed by atoms with Crippen molar-refractivity contribution in [2.75, 3.05) is 11.9 Å². The van der Waals surface area contributed by atoms with Gasteiger partial charge in [-0.15, -0.1) is 0 Å². The van der Waals surface area contributed by atoms with Gasteiger partial charge in [0, 0.05) is 10.8 Å². The number of carbonyl (C=O) groups excluding carboxylic acids is 2. The lowest BCUT2D eigenvalue weighted by Crippen LogP contribution is -2.29. The van der Waals surface area contributed by atoms with Gasteiger partial charge in [-0.05, 0) is 51.0 Å². The van der Waals surface area contributed by atoms with E-state index in [0.29, 0.717) is 5.82 Å². The van der Waals surface area contributed by atoms with Crippen LogP contribution in [0.25, 0.3) is 16.7 Å². The molecule has 158 valence electrons. The summed E-state index contributed by atoms with van der Waals surface area (Å²) >= 11 is 0. The number of hydrogen-bond donors (Lipinski definition) is 1. The lowest BCUT2D eigenvalue weighted by atomic mass is 9.96. The number of pyridine rings is 1. The summed E-state index contributed by atoms with van der Waals surface area (Å²) in [4.78, 5) is 30.0. The molecule has 0 bridgehead atoms. The van der Waals surface area contributed by atoms with Crippen LogP contribution in [0.1, 0.15) is 54.7 Å². The quantitative estimate of drug-likeness (QED) is 0.642. The van der Waals surface area contributed by atoms with Gasteiger partial charge in [-0.25, -0.2) is 9.78 Å². The van der Waals surface area contributed by atoms with Gasteiger partial charge in [0.15, 0.2) is 11.6 Å². The van der Waals surface area contributed by atoms with Crippen LogP contribution in [0.15, 0.2) is 24.4 Å². The maximum absolute atomic E-state index is 12.7. The molecular weight excluding hydrogens is 380 g/mol. The second-order valence-corrected chi connectivity index (χ2v) is 8.52. The third-order valence-corrected chi connectivity index (χ3v) is 4.84. The Morgan fingerprint density at radius 1 is 1.10 bits per heavy atom. The molecule has 7 heteroatoms. The molecule has 7 nitrogen and oxygen atoms in total. The average Bonchev–Trinajstić information content (AvgIpc) is 3.05. The normalized spacial score (nSPS) is 11.6. The van der Waals surface area contributed by atoms with Gasteiger partial charge in [-0.1, -0.05) is 32.4 Å². The van der Waals surface area contributed by atoms with Crippen molar-refractivity contribution in [2.24, 2.45) is 5.41 Å². The lowest BCUT2D eigenvalue weighted by molar-refractivity contribution is -0.123. The van der Waals surface area contributed by atoms with Gasteiger partial charge in [0.1, 0.15) is 5.56 Å². The van der Waals surface area contributed by atoms with E-state index in [1.54, 1.807) is 27.7 Å². The number of fused-ring (bicyclic) bond motifs is 1. The molecule has 2 aromatic heterocycles. The van der Waals surface area contributed by atoms with Crippen molar-refractivity contribution in [3.63, 3.8) is 0 Å². The van der Waals surface area contributed by atoms with E-state index in [-0.39, 0.29) is 23.9 Å². The van der Waals surface area contributed by atoms with Crippen molar-refractivity contribution < 1.29 is 14.3 Å². The summed E-state index contributed by atoms with van der Waals surface area (Å²) in [6.07, 6.45) is 1.40. The number of amides is 1. The van der Waals surface area contributed by atoms with Crippen LogP contribution >= 0.6 is 0 Å². The molecule has 0 atom stereocenters. The number of aromatic nitrogens is 3. The van der Waals surface area contributed by atoms with Crippen LogP contribution in [0.5, 0.6) is 0 Å². The number of carbonyl (C=O) groups is 2. The van der Waals surface area contributed by atoms with Crippen LogP contribution in [-0.2, 0) is 9.53 Å². The molecule has 0 saturated heterocycles. The topological polar surface area (TPSA) is 86.1 Å². The number of aryl methyl sites for hydroxylation is 3. The fraction of sp³-hybridized carbons (Fsp3) is 0.391. The second kappa shape index (κ2) is 7.89. The molecule has 3 aromatic rings. The number of esters is 1. The zero-order chi connectivity index (χ0) is 22.2. The summed E-state index contributed by atoms with van der Waals surface area (Å²) < 4.78 is 6.63. The van der Waals surface area contributed by atoms with Crippen LogP contribution < -0.4 is 5.32 Å². The minimum Gasteiger partial charge on any atom is -0.462 e. The summed E-state index contributed by atoms with van der Waals surface area (Å²) in [5, 5.41) is 8.27. The van der Waals surface area contributed by atoms with Crippen LogP contribution in [0.4, 0.5) is 5.82 Å². The van der Waals surface area contributed by atoms with Crippen molar-refractivity contribution >= 4 is 28.6 Å². The van der Waals surface area contributed by atoms with Crippen LogP contribution in [0, 0.1) is 26.2 Å². The fourth-order valence-electron chi connectivity index (χ4n) is 3.23. The Bertz CT molecular complexity index is 1140. The first-order valence-corrected chi connectivity index (χ1v) is 9.98. The molecule has 0 aliphatic carbocycles. The van der Waals surface area contributed by atoms with Crippen LogP contribution in [-0.4, -0.2) is 33.2 Å². The highest BCUT2D eigenvalue weighted by Crippen LogP contribution is 2.28. The molecule has 0 fully saturated rings. The third kappa shape index (κ3) is 4.06. The molecule has 1 N–H and O–H groups in total. The van der Waals surface area contributed by atoms with Gasteiger partial charge in [0.2, 0.25) is 5.91 Å². The molecule has 0 radical (unpaired) electrons. The predicted octanol–water partition coefficient (Wildman–Crippen LogP) is 4.51. The highest BCUT2D eigenvalue weighted by molar-refractivity contribution is 6.02. The molecule has 1 aromatic carbocycles. The summed E-state index contributed by atoms with van der Waals surface area (Å²) in [7, 11) is 0. The Hall–Kier alpha value is -3.22. The standard InChI is InChI=1S/C23H28N4O3/c1-8-30-21(28)17-12-24-27(20(17)26-22(29)23(5,6)7)18-11-14(3)16-10-13(2)9-15(4)19(16)25-18/h9-12H,8H2,1-7H3,(H,26,29). The molecule has 0 aliphatic rings. The van der Waals surface area contributed by atoms with E-state index in [4.69, 9.17) is 9.72 Å². The first-order valence-electron chi connectivity index (χ1n) is 9.98. The number of hydrogen-bond acceptors (Lipinski definition) is 5. The van der Waals surface area contributed by atoms with Crippen LogP contribution in [0.3, 0.4) is 0 Å². The number of benzene rings is 1. The molecule has 1 amide bonds.